The summed E-state index contributed by atoms with van der Waals surface area (Å²) in [5, 5.41) is 6.29. The van der Waals surface area contributed by atoms with Crippen molar-refractivity contribution in [1.82, 2.24) is 15.5 Å². The highest BCUT2D eigenvalue weighted by molar-refractivity contribution is 5.96. The number of hydrogen-bond donors (Lipinski definition) is 2. The number of benzene rings is 1. The van der Waals surface area contributed by atoms with Gasteiger partial charge in [0.15, 0.2) is 5.82 Å². The van der Waals surface area contributed by atoms with Crippen LogP contribution in [0.5, 0.6) is 0 Å². The van der Waals surface area contributed by atoms with Crippen LogP contribution in [-0.2, 0) is 6.54 Å². The number of aromatic nitrogens is 2. The molecule has 0 aliphatic heterocycles. The Morgan fingerprint density at radius 3 is 2.84 bits per heavy atom. The Morgan fingerprint density at radius 1 is 1.47 bits per heavy atom. The summed E-state index contributed by atoms with van der Waals surface area (Å²) in [6, 6.07) is 5.16. The third-order valence-electron chi connectivity index (χ3n) is 2.59. The average Bonchev–Trinajstić information content (AvgIpc) is 2.88. The van der Waals surface area contributed by atoms with E-state index in [9.17, 15) is 4.79 Å². The fraction of sp³-hybridized carbons (Fsp3) is 0.250. The second-order valence-electron chi connectivity index (χ2n) is 4.20. The third kappa shape index (κ3) is 3.01. The van der Waals surface area contributed by atoms with E-state index in [0.717, 1.165) is 5.69 Å². The monoisotopic (exact) mass is 261 g/mol. The topological polar surface area (TPSA) is 97.3 Å². The molecular formula is C12H15N5O2. The summed E-state index contributed by atoms with van der Waals surface area (Å²) in [6.07, 6.45) is 1.21. The van der Waals surface area contributed by atoms with Gasteiger partial charge in [0.25, 0.3) is 5.91 Å². The number of nitrogens with two attached hydrogens (primary N) is 1. The first-order valence-corrected chi connectivity index (χ1v) is 5.68. The van der Waals surface area contributed by atoms with E-state index >= 15 is 0 Å². The summed E-state index contributed by atoms with van der Waals surface area (Å²) in [7, 11) is 3.78. The van der Waals surface area contributed by atoms with Crippen LogP contribution in [-0.4, -0.2) is 30.1 Å². The summed E-state index contributed by atoms with van der Waals surface area (Å²) in [6.45, 7) is 0.213. The van der Waals surface area contributed by atoms with E-state index in [4.69, 9.17) is 5.73 Å². The van der Waals surface area contributed by atoms with Crippen molar-refractivity contribution in [2.45, 2.75) is 6.54 Å². The molecule has 0 atom stereocenters. The van der Waals surface area contributed by atoms with Crippen molar-refractivity contribution < 1.29 is 9.32 Å². The molecule has 0 saturated carbocycles. The minimum absolute atomic E-state index is 0.213. The minimum atomic E-state index is -0.234. The zero-order valence-corrected chi connectivity index (χ0v) is 10.8. The zero-order chi connectivity index (χ0) is 13.8. The molecule has 0 unspecified atom stereocenters. The number of carbonyl (C=O) groups is 1. The lowest BCUT2D eigenvalue weighted by molar-refractivity contribution is 0.0949. The SMILES string of the molecule is CN(C)c1ccc(C(=O)NCc2ncon2)cc1N. The molecule has 0 radical (unpaired) electrons. The number of nitrogens with zero attached hydrogens (tertiary/aromatic N) is 3. The first kappa shape index (κ1) is 12.9. The first-order chi connectivity index (χ1) is 9.08. The van der Waals surface area contributed by atoms with Crippen LogP contribution in [0.2, 0.25) is 0 Å². The van der Waals surface area contributed by atoms with Crippen LogP contribution in [0, 0.1) is 0 Å². The molecule has 19 heavy (non-hydrogen) atoms. The Bertz CT molecular complexity index is 566. The highest BCUT2D eigenvalue weighted by Crippen LogP contribution is 2.22. The van der Waals surface area contributed by atoms with E-state index in [2.05, 4.69) is 20.0 Å². The van der Waals surface area contributed by atoms with Gasteiger partial charge in [0.1, 0.15) is 0 Å². The van der Waals surface area contributed by atoms with Crippen molar-refractivity contribution in [1.29, 1.82) is 0 Å². The predicted molar refractivity (Wildman–Crippen MR) is 70.6 cm³/mol. The molecule has 1 aromatic heterocycles. The number of rotatable bonds is 4. The molecule has 7 nitrogen and oxygen atoms in total. The second kappa shape index (κ2) is 5.38. The van der Waals surface area contributed by atoms with E-state index < -0.39 is 0 Å². The molecule has 0 aliphatic rings. The Morgan fingerprint density at radius 2 is 2.26 bits per heavy atom. The van der Waals surface area contributed by atoms with Crippen molar-refractivity contribution in [2.75, 3.05) is 24.7 Å². The van der Waals surface area contributed by atoms with Gasteiger partial charge >= 0.3 is 0 Å². The van der Waals surface area contributed by atoms with Crippen LogP contribution >= 0.6 is 0 Å². The molecule has 3 N–H and O–H groups in total. The van der Waals surface area contributed by atoms with Crippen molar-refractivity contribution in [2.24, 2.45) is 0 Å². The van der Waals surface area contributed by atoms with Gasteiger partial charge in [0, 0.05) is 19.7 Å². The lowest BCUT2D eigenvalue weighted by Gasteiger charge is -2.15. The van der Waals surface area contributed by atoms with Gasteiger partial charge in [-0.2, -0.15) is 4.98 Å². The average molecular weight is 261 g/mol. The van der Waals surface area contributed by atoms with E-state index in [-0.39, 0.29) is 12.5 Å². The highest BCUT2D eigenvalue weighted by atomic mass is 16.5. The van der Waals surface area contributed by atoms with Crippen molar-refractivity contribution in [3.8, 4) is 0 Å². The van der Waals surface area contributed by atoms with Gasteiger partial charge in [-0.25, -0.2) is 0 Å². The molecule has 0 saturated heterocycles. The maximum atomic E-state index is 11.9. The largest absolute Gasteiger partial charge is 0.397 e. The molecule has 2 aromatic rings. The third-order valence-corrected chi connectivity index (χ3v) is 2.59. The quantitative estimate of drug-likeness (QED) is 0.784. The normalized spacial score (nSPS) is 10.2. The van der Waals surface area contributed by atoms with Gasteiger partial charge in [-0.15, -0.1) is 0 Å². The summed E-state index contributed by atoms with van der Waals surface area (Å²) < 4.78 is 4.58. The fourth-order valence-electron chi connectivity index (χ4n) is 1.63. The molecule has 1 heterocycles. The molecule has 0 bridgehead atoms. The number of carbonyl (C=O) groups excluding carboxylic acids is 1. The first-order valence-electron chi connectivity index (χ1n) is 5.68. The molecule has 7 heteroatoms. The summed E-state index contributed by atoms with van der Waals surface area (Å²) >= 11 is 0. The summed E-state index contributed by atoms with van der Waals surface area (Å²) in [5.74, 6) is 0.188. The van der Waals surface area contributed by atoms with Gasteiger partial charge in [-0.3, -0.25) is 4.79 Å². The smallest absolute Gasteiger partial charge is 0.251 e. The number of hydrogen-bond acceptors (Lipinski definition) is 6. The Balaban J connectivity index is 2.05. The van der Waals surface area contributed by atoms with Crippen molar-refractivity contribution in [3.05, 3.63) is 36.0 Å². The van der Waals surface area contributed by atoms with E-state index in [1.807, 2.05) is 19.0 Å². The maximum absolute atomic E-state index is 11.9. The molecule has 2 rings (SSSR count). The maximum Gasteiger partial charge on any atom is 0.251 e. The predicted octanol–water partition coefficient (Wildman–Crippen LogP) is 0.648. The molecule has 0 spiro atoms. The molecule has 0 fully saturated rings. The van der Waals surface area contributed by atoms with Crippen LogP contribution in [0.15, 0.2) is 29.1 Å². The zero-order valence-electron chi connectivity index (χ0n) is 10.8. The number of amides is 1. The Kier molecular flexibility index (Phi) is 3.65. The minimum Gasteiger partial charge on any atom is -0.397 e. The molecule has 100 valence electrons. The van der Waals surface area contributed by atoms with Gasteiger partial charge in [0.05, 0.1) is 17.9 Å². The lowest BCUT2D eigenvalue weighted by atomic mass is 10.1. The van der Waals surface area contributed by atoms with Gasteiger partial charge < -0.3 is 20.5 Å². The van der Waals surface area contributed by atoms with Crippen molar-refractivity contribution >= 4 is 17.3 Å². The Hall–Kier alpha value is -2.57. The number of anilines is 2. The van der Waals surface area contributed by atoms with Crippen LogP contribution in [0.4, 0.5) is 11.4 Å². The molecule has 1 aromatic carbocycles. The van der Waals surface area contributed by atoms with Crippen LogP contribution < -0.4 is 16.0 Å². The van der Waals surface area contributed by atoms with E-state index in [0.29, 0.717) is 17.1 Å². The standard InChI is InChI=1S/C12H15N5O2/c1-17(2)10-4-3-8(5-9(10)13)12(18)14-6-11-15-7-19-16-11/h3-5,7H,6,13H2,1-2H3,(H,14,18). The van der Waals surface area contributed by atoms with Gasteiger partial charge in [0.2, 0.25) is 6.39 Å². The van der Waals surface area contributed by atoms with Crippen LogP contribution in [0.25, 0.3) is 0 Å². The van der Waals surface area contributed by atoms with Crippen LogP contribution in [0.1, 0.15) is 16.2 Å². The van der Waals surface area contributed by atoms with Crippen LogP contribution in [0.3, 0.4) is 0 Å². The Labute approximate surface area is 110 Å². The molecular weight excluding hydrogens is 246 g/mol. The number of nitrogen functional groups attached to an aromatic ring is 1. The van der Waals surface area contributed by atoms with Gasteiger partial charge in [-0.05, 0) is 18.2 Å². The van der Waals surface area contributed by atoms with Crippen molar-refractivity contribution in [3.63, 3.8) is 0 Å². The molecule has 0 aliphatic carbocycles. The fourth-order valence-corrected chi connectivity index (χ4v) is 1.63. The van der Waals surface area contributed by atoms with Gasteiger partial charge in [-0.1, -0.05) is 5.16 Å². The molecule has 1 amide bonds. The summed E-state index contributed by atoms with van der Waals surface area (Å²) in [4.78, 5) is 17.6. The van der Waals surface area contributed by atoms with E-state index in [1.54, 1.807) is 18.2 Å². The second-order valence-corrected chi connectivity index (χ2v) is 4.20. The lowest BCUT2D eigenvalue weighted by Crippen LogP contribution is -2.23. The summed E-state index contributed by atoms with van der Waals surface area (Å²) in [5.41, 5.74) is 7.80. The van der Waals surface area contributed by atoms with E-state index in [1.165, 1.54) is 6.39 Å². The number of nitrogens with one attached hydrogen (secondary N) is 1. The highest BCUT2D eigenvalue weighted by Gasteiger charge is 2.09.